The van der Waals surface area contributed by atoms with E-state index in [4.69, 9.17) is 0 Å². The second kappa shape index (κ2) is 3.48. The lowest BCUT2D eigenvalue weighted by Crippen LogP contribution is -2.15. The zero-order chi connectivity index (χ0) is 12.8. The maximum Gasteiger partial charge on any atom is 0.280 e. The van der Waals surface area contributed by atoms with Crippen LogP contribution < -0.4 is 5.56 Å². The van der Waals surface area contributed by atoms with Gasteiger partial charge in [-0.05, 0) is 17.3 Å². The van der Waals surface area contributed by atoms with Gasteiger partial charge in [0.2, 0.25) is 5.82 Å². The zero-order valence-corrected chi connectivity index (χ0v) is 9.53. The van der Waals surface area contributed by atoms with Gasteiger partial charge in [0, 0.05) is 6.07 Å². The van der Waals surface area contributed by atoms with Crippen molar-refractivity contribution in [3.8, 4) is 11.5 Å². The molecule has 0 amide bonds. The van der Waals surface area contributed by atoms with Crippen molar-refractivity contribution in [2.24, 2.45) is 0 Å². The molecule has 0 saturated heterocycles. The highest BCUT2D eigenvalue weighted by Gasteiger charge is 2.11. The van der Waals surface area contributed by atoms with Gasteiger partial charge in [-0.3, -0.25) is 9.89 Å². The van der Waals surface area contributed by atoms with E-state index in [1.165, 1.54) is 4.52 Å². The number of H-pyrrole nitrogens is 2. The van der Waals surface area contributed by atoms with Crippen LogP contribution in [0.4, 0.5) is 0 Å². The molecule has 3 aromatic heterocycles. The van der Waals surface area contributed by atoms with Crippen molar-refractivity contribution in [3.05, 3.63) is 40.7 Å². The Labute approximate surface area is 105 Å². The van der Waals surface area contributed by atoms with Crippen LogP contribution in [0.15, 0.2) is 35.1 Å². The molecule has 4 aromatic rings. The van der Waals surface area contributed by atoms with Gasteiger partial charge in [0.25, 0.3) is 5.56 Å². The average molecular weight is 253 g/mol. The summed E-state index contributed by atoms with van der Waals surface area (Å²) in [5.41, 5.74) is 1.60. The lowest BCUT2D eigenvalue weighted by atomic mass is 10.2. The number of aromatic amines is 2. The number of benzene rings is 1. The molecule has 0 spiro atoms. The number of tetrazole rings is 1. The number of nitrogens with zero attached hydrogens (tertiary/aromatic N) is 5. The van der Waals surface area contributed by atoms with Gasteiger partial charge < -0.3 is 0 Å². The predicted molar refractivity (Wildman–Crippen MR) is 66.5 cm³/mol. The first-order valence-corrected chi connectivity index (χ1v) is 5.57. The van der Waals surface area contributed by atoms with Crippen LogP contribution in [0.1, 0.15) is 0 Å². The molecule has 8 heteroatoms. The van der Waals surface area contributed by atoms with E-state index in [1.54, 1.807) is 24.3 Å². The number of para-hydroxylation sites is 1. The van der Waals surface area contributed by atoms with E-state index >= 15 is 0 Å². The topological polar surface area (TPSA) is 105 Å². The maximum atomic E-state index is 12.3. The summed E-state index contributed by atoms with van der Waals surface area (Å²) in [4.78, 5) is 16.7. The summed E-state index contributed by atoms with van der Waals surface area (Å²) < 4.78 is 1.37. The summed E-state index contributed by atoms with van der Waals surface area (Å²) >= 11 is 0. The number of fused-ring (bicyclic) bond motifs is 2. The second-order valence-electron chi connectivity index (χ2n) is 4.03. The number of aromatic nitrogens is 7. The van der Waals surface area contributed by atoms with Crippen molar-refractivity contribution in [1.82, 2.24) is 35.2 Å². The summed E-state index contributed by atoms with van der Waals surface area (Å²) in [5.74, 6) is 0.383. The highest BCUT2D eigenvalue weighted by molar-refractivity contribution is 5.79. The van der Waals surface area contributed by atoms with Gasteiger partial charge in [0.05, 0.1) is 10.9 Å². The Kier molecular flexibility index (Phi) is 1.82. The molecule has 19 heavy (non-hydrogen) atoms. The van der Waals surface area contributed by atoms with Crippen molar-refractivity contribution in [2.45, 2.75) is 0 Å². The molecule has 3 heterocycles. The Morgan fingerprint density at radius 1 is 1.21 bits per heavy atom. The smallest absolute Gasteiger partial charge is 0.280 e. The van der Waals surface area contributed by atoms with Crippen LogP contribution in [0.5, 0.6) is 0 Å². The minimum atomic E-state index is -0.157. The van der Waals surface area contributed by atoms with Gasteiger partial charge in [-0.1, -0.05) is 12.1 Å². The predicted octanol–water partition coefficient (Wildman–Crippen LogP) is 0.356. The minimum Gasteiger partial charge on any atom is -0.286 e. The monoisotopic (exact) mass is 253 g/mol. The fraction of sp³-hybridized carbons (Fsp3) is 0. The van der Waals surface area contributed by atoms with Crippen molar-refractivity contribution in [1.29, 1.82) is 0 Å². The van der Waals surface area contributed by atoms with Crippen LogP contribution >= 0.6 is 0 Å². The maximum absolute atomic E-state index is 12.3. The van der Waals surface area contributed by atoms with E-state index in [2.05, 4.69) is 30.7 Å². The molecule has 0 aliphatic heterocycles. The highest BCUT2D eigenvalue weighted by Crippen LogP contribution is 2.14. The molecule has 0 aliphatic rings. The molecule has 2 N–H and O–H groups in total. The van der Waals surface area contributed by atoms with E-state index in [9.17, 15) is 4.79 Å². The highest BCUT2D eigenvalue weighted by atomic mass is 16.1. The molecule has 4 rings (SSSR count). The van der Waals surface area contributed by atoms with Gasteiger partial charge in [-0.15, -0.1) is 10.2 Å². The first-order valence-electron chi connectivity index (χ1n) is 5.57. The standard InChI is InChI=1S/C11H7N7O/c19-11-6-3-1-2-4-7(6)12-9-5-8(15-18(9)11)10-13-16-17-14-10/h1-5,15H,(H,13,14,16,17). The third-order valence-electron chi connectivity index (χ3n) is 2.89. The minimum absolute atomic E-state index is 0.157. The van der Waals surface area contributed by atoms with Gasteiger partial charge in [-0.25, -0.2) is 9.50 Å². The lowest BCUT2D eigenvalue weighted by Gasteiger charge is -1.97. The summed E-state index contributed by atoms with van der Waals surface area (Å²) in [7, 11) is 0. The molecule has 0 unspecified atom stereocenters. The van der Waals surface area contributed by atoms with Crippen molar-refractivity contribution < 1.29 is 0 Å². The van der Waals surface area contributed by atoms with Gasteiger partial charge in [0.15, 0.2) is 5.65 Å². The van der Waals surface area contributed by atoms with Gasteiger partial charge >= 0.3 is 0 Å². The molecule has 8 nitrogen and oxygen atoms in total. The van der Waals surface area contributed by atoms with Crippen molar-refractivity contribution in [3.63, 3.8) is 0 Å². The Morgan fingerprint density at radius 2 is 2.11 bits per heavy atom. The number of rotatable bonds is 1. The second-order valence-corrected chi connectivity index (χ2v) is 4.03. The van der Waals surface area contributed by atoms with Crippen LogP contribution in [0.25, 0.3) is 28.1 Å². The molecule has 1 aromatic carbocycles. The van der Waals surface area contributed by atoms with Crippen LogP contribution in [-0.4, -0.2) is 35.2 Å². The van der Waals surface area contributed by atoms with E-state index in [-0.39, 0.29) is 5.56 Å². The van der Waals surface area contributed by atoms with Crippen molar-refractivity contribution >= 4 is 16.6 Å². The molecular formula is C11H7N7O. The summed E-state index contributed by atoms with van der Waals surface area (Å²) in [6, 6.07) is 8.90. The van der Waals surface area contributed by atoms with Crippen LogP contribution in [0, 0.1) is 0 Å². The molecule has 92 valence electrons. The fourth-order valence-corrected chi connectivity index (χ4v) is 2.03. The summed E-state index contributed by atoms with van der Waals surface area (Å²) in [5, 5.41) is 17.0. The van der Waals surface area contributed by atoms with E-state index < -0.39 is 0 Å². The normalized spacial score (nSPS) is 11.4. The number of hydrogen-bond donors (Lipinski definition) is 2. The van der Waals surface area contributed by atoms with E-state index in [1.807, 2.05) is 6.07 Å². The van der Waals surface area contributed by atoms with Gasteiger partial charge in [0.1, 0.15) is 5.69 Å². The third-order valence-corrected chi connectivity index (χ3v) is 2.89. The molecule has 0 bridgehead atoms. The first kappa shape index (κ1) is 9.95. The molecular weight excluding hydrogens is 246 g/mol. The quantitative estimate of drug-likeness (QED) is 0.509. The zero-order valence-electron chi connectivity index (χ0n) is 9.53. The van der Waals surface area contributed by atoms with Crippen LogP contribution in [0.2, 0.25) is 0 Å². The molecule has 0 atom stereocenters. The third kappa shape index (κ3) is 1.36. The van der Waals surface area contributed by atoms with Crippen LogP contribution in [-0.2, 0) is 0 Å². The fourth-order valence-electron chi connectivity index (χ4n) is 2.03. The molecule has 0 radical (unpaired) electrons. The Morgan fingerprint density at radius 3 is 2.95 bits per heavy atom. The molecule has 0 fully saturated rings. The van der Waals surface area contributed by atoms with Crippen LogP contribution in [0.3, 0.4) is 0 Å². The van der Waals surface area contributed by atoms with Gasteiger partial charge in [-0.2, -0.15) is 5.21 Å². The largest absolute Gasteiger partial charge is 0.286 e. The van der Waals surface area contributed by atoms with E-state index in [0.29, 0.717) is 28.1 Å². The number of nitrogens with one attached hydrogen (secondary N) is 2. The Balaban J connectivity index is 2.11. The number of hydrogen-bond acceptors (Lipinski definition) is 5. The van der Waals surface area contributed by atoms with Crippen molar-refractivity contribution in [2.75, 3.05) is 0 Å². The summed E-state index contributed by atoms with van der Waals surface area (Å²) in [6.07, 6.45) is 0. The Hall–Kier alpha value is -3.03. The van der Waals surface area contributed by atoms with E-state index in [0.717, 1.165) is 0 Å². The SMILES string of the molecule is O=c1c2ccccc2nc2cc(-c3nn[nH]n3)[nH]n12. The summed E-state index contributed by atoms with van der Waals surface area (Å²) in [6.45, 7) is 0. The first-order chi connectivity index (χ1) is 9.33. The molecule has 0 aliphatic carbocycles. The average Bonchev–Trinajstić information content (AvgIpc) is 3.07. The lowest BCUT2D eigenvalue weighted by molar-refractivity contribution is 0.881. The molecule has 0 saturated carbocycles. The Bertz CT molecular complexity index is 935.